The van der Waals surface area contributed by atoms with E-state index in [1.54, 1.807) is 25.3 Å². The van der Waals surface area contributed by atoms with E-state index in [2.05, 4.69) is 6.92 Å². The Morgan fingerprint density at radius 2 is 1.60 bits per heavy atom. The van der Waals surface area contributed by atoms with Crippen LogP contribution in [-0.4, -0.2) is 37.1 Å². The van der Waals surface area contributed by atoms with Crippen LogP contribution in [0.2, 0.25) is 0 Å². The Balaban J connectivity index is 2.14. The van der Waals surface area contributed by atoms with Crippen LogP contribution in [-0.2, 0) is 12.8 Å². The van der Waals surface area contributed by atoms with Crippen LogP contribution in [0, 0.1) is 0 Å². The van der Waals surface area contributed by atoms with Gasteiger partial charge in [-0.2, -0.15) is 0 Å². The van der Waals surface area contributed by atoms with E-state index in [0.717, 1.165) is 18.4 Å². The second-order valence-corrected chi connectivity index (χ2v) is 5.87. The number of phenolic OH excluding ortho intramolecular Hbond substituents is 1. The summed E-state index contributed by atoms with van der Waals surface area (Å²) >= 11 is 0. The number of hydrogen-bond acceptors (Lipinski definition) is 5. The average molecular weight is 346 g/mol. The minimum Gasteiger partial charge on any atom is -0.504 e. The summed E-state index contributed by atoms with van der Waals surface area (Å²) in [6, 6.07) is 11.0. The van der Waals surface area contributed by atoms with Gasteiger partial charge in [0.1, 0.15) is 6.10 Å². The molecule has 0 spiro atoms. The lowest BCUT2D eigenvalue weighted by molar-refractivity contribution is 0.112. The van der Waals surface area contributed by atoms with Crippen LogP contribution in [0.15, 0.2) is 36.4 Å². The van der Waals surface area contributed by atoms with Crippen LogP contribution in [0.5, 0.6) is 23.0 Å². The lowest BCUT2D eigenvalue weighted by atomic mass is 10.1. The summed E-state index contributed by atoms with van der Waals surface area (Å²) in [4.78, 5) is 0. The molecular weight excluding hydrogens is 320 g/mol. The van der Waals surface area contributed by atoms with Crippen molar-refractivity contribution in [3.63, 3.8) is 0 Å². The highest BCUT2D eigenvalue weighted by atomic mass is 16.5. The molecule has 0 bridgehead atoms. The minimum absolute atomic E-state index is 0.0842. The van der Waals surface area contributed by atoms with Gasteiger partial charge in [-0.15, -0.1) is 0 Å². The van der Waals surface area contributed by atoms with Crippen molar-refractivity contribution in [2.24, 2.45) is 0 Å². The first-order valence-electron chi connectivity index (χ1n) is 8.41. The molecule has 25 heavy (non-hydrogen) atoms. The third-order valence-corrected chi connectivity index (χ3v) is 3.97. The standard InChI is InChI=1S/C20H26O5/c1-4-5-14-7-9-18(20(11-14)24-3)25-16(13-21)10-15-6-8-17(22)19(12-15)23-2/h6-9,11-12,16,21-22H,4-5,10,13H2,1-3H3. The predicted octanol–water partition coefficient (Wildman–Crippen LogP) is 3.34. The molecule has 136 valence electrons. The van der Waals surface area contributed by atoms with Gasteiger partial charge in [-0.25, -0.2) is 0 Å². The number of aromatic hydroxyl groups is 1. The highest BCUT2D eigenvalue weighted by molar-refractivity contribution is 5.44. The molecule has 5 heteroatoms. The van der Waals surface area contributed by atoms with Crippen molar-refractivity contribution >= 4 is 0 Å². The smallest absolute Gasteiger partial charge is 0.161 e. The van der Waals surface area contributed by atoms with E-state index in [0.29, 0.717) is 23.7 Å². The third kappa shape index (κ3) is 5.03. The monoisotopic (exact) mass is 346 g/mol. The molecule has 5 nitrogen and oxygen atoms in total. The summed E-state index contributed by atoms with van der Waals surface area (Å²) in [6.07, 6.45) is 2.09. The molecular formula is C20H26O5. The fourth-order valence-corrected chi connectivity index (χ4v) is 2.69. The van der Waals surface area contributed by atoms with E-state index in [4.69, 9.17) is 14.2 Å². The number of phenols is 1. The average Bonchev–Trinajstić information content (AvgIpc) is 2.63. The number of methoxy groups -OCH3 is 2. The lowest BCUT2D eigenvalue weighted by Gasteiger charge is -2.19. The summed E-state index contributed by atoms with van der Waals surface area (Å²) in [7, 11) is 3.11. The Morgan fingerprint density at radius 3 is 2.24 bits per heavy atom. The van der Waals surface area contributed by atoms with Gasteiger partial charge in [-0.05, 0) is 41.8 Å². The summed E-state index contributed by atoms with van der Waals surface area (Å²) in [5, 5.41) is 19.4. The molecule has 1 unspecified atom stereocenters. The summed E-state index contributed by atoms with van der Waals surface area (Å²) in [5.74, 6) is 1.75. The number of benzene rings is 2. The van der Waals surface area contributed by atoms with Crippen molar-refractivity contribution in [1.82, 2.24) is 0 Å². The quantitative estimate of drug-likeness (QED) is 0.729. The van der Waals surface area contributed by atoms with Crippen LogP contribution in [0.3, 0.4) is 0 Å². The molecule has 0 saturated carbocycles. The Morgan fingerprint density at radius 1 is 0.920 bits per heavy atom. The molecule has 0 aliphatic heterocycles. The zero-order valence-electron chi connectivity index (χ0n) is 15.0. The number of aliphatic hydroxyl groups is 1. The second kappa shape index (κ2) is 9.18. The molecule has 0 saturated heterocycles. The van der Waals surface area contributed by atoms with Crippen LogP contribution in [0.4, 0.5) is 0 Å². The molecule has 2 aromatic carbocycles. The third-order valence-electron chi connectivity index (χ3n) is 3.97. The van der Waals surface area contributed by atoms with Gasteiger partial charge < -0.3 is 24.4 Å². The fraction of sp³-hybridized carbons (Fsp3) is 0.400. The van der Waals surface area contributed by atoms with E-state index in [1.165, 1.54) is 12.7 Å². The summed E-state index contributed by atoms with van der Waals surface area (Å²) in [6.45, 7) is 1.99. The summed E-state index contributed by atoms with van der Waals surface area (Å²) in [5.41, 5.74) is 2.09. The van der Waals surface area contributed by atoms with Crippen molar-refractivity contribution in [2.45, 2.75) is 32.3 Å². The number of aryl methyl sites for hydroxylation is 1. The highest BCUT2D eigenvalue weighted by Gasteiger charge is 2.15. The largest absolute Gasteiger partial charge is 0.504 e. The van der Waals surface area contributed by atoms with Gasteiger partial charge in [0.05, 0.1) is 20.8 Å². The lowest BCUT2D eigenvalue weighted by Crippen LogP contribution is -2.24. The maximum Gasteiger partial charge on any atom is 0.161 e. The van der Waals surface area contributed by atoms with E-state index < -0.39 is 6.10 Å². The first-order valence-corrected chi connectivity index (χ1v) is 8.41. The maximum absolute atomic E-state index is 9.69. The van der Waals surface area contributed by atoms with Crippen LogP contribution >= 0.6 is 0 Å². The van der Waals surface area contributed by atoms with Gasteiger partial charge >= 0.3 is 0 Å². The molecule has 1 atom stereocenters. The minimum atomic E-state index is -0.430. The van der Waals surface area contributed by atoms with Crippen molar-refractivity contribution < 1.29 is 24.4 Å². The molecule has 0 aliphatic carbocycles. The molecule has 2 aromatic rings. The van der Waals surface area contributed by atoms with E-state index in [9.17, 15) is 10.2 Å². The normalized spacial score (nSPS) is 11.8. The number of ether oxygens (including phenoxy) is 3. The first-order chi connectivity index (χ1) is 12.1. The van der Waals surface area contributed by atoms with E-state index in [-0.39, 0.29) is 12.4 Å². The zero-order chi connectivity index (χ0) is 18.2. The number of aliphatic hydroxyl groups excluding tert-OH is 1. The Bertz CT molecular complexity index is 684. The van der Waals surface area contributed by atoms with Crippen LogP contribution in [0.25, 0.3) is 0 Å². The van der Waals surface area contributed by atoms with E-state index >= 15 is 0 Å². The SMILES string of the molecule is CCCc1ccc(OC(CO)Cc2ccc(O)c(OC)c2)c(OC)c1. The molecule has 0 radical (unpaired) electrons. The first kappa shape index (κ1) is 18.9. The fourth-order valence-electron chi connectivity index (χ4n) is 2.69. The highest BCUT2D eigenvalue weighted by Crippen LogP contribution is 2.31. The van der Waals surface area contributed by atoms with E-state index in [1.807, 2.05) is 18.2 Å². The van der Waals surface area contributed by atoms with Gasteiger partial charge in [0.2, 0.25) is 0 Å². The van der Waals surface area contributed by atoms with Gasteiger partial charge in [-0.3, -0.25) is 0 Å². The van der Waals surface area contributed by atoms with Crippen molar-refractivity contribution in [3.05, 3.63) is 47.5 Å². The Labute approximate surface area is 148 Å². The van der Waals surface area contributed by atoms with Crippen molar-refractivity contribution in [1.29, 1.82) is 0 Å². The predicted molar refractivity (Wildman–Crippen MR) is 96.9 cm³/mol. The maximum atomic E-state index is 9.69. The van der Waals surface area contributed by atoms with Crippen molar-refractivity contribution in [3.8, 4) is 23.0 Å². The Hall–Kier alpha value is -2.40. The molecule has 0 heterocycles. The zero-order valence-corrected chi connectivity index (χ0v) is 15.0. The molecule has 0 fully saturated rings. The Kier molecular flexibility index (Phi) is 6.95. The number of rotatable bonds is 9. The van der Waals surface area contributed by atoms with Crippen LogP contribution in [0.1, 0.15) is 24.5 Å². The van der Waals surface area contributed by atoms with Crippen LogP contribution < -0.4 is 14.2 Å². The molecule has 0 aliphatic rings. The topological polar surface area (TPSA) is 68.2 Å². The van der Waals surface area contributed by atoms with Crippen molar-refractivity contribution in [2.75, 3.05) is 20.8 Å². The van der Waals surface area contributed by atoms with Gasteiger partial charge in [0.25, 0.3) is 0 Å². The molecule has 2 N–H and O–H groups in total. The molecule has 0 amide bonds. The van der Waals surface area contributed by atoms with Gasteiger partial charge in [0.15, 0.2) is 23.0 Å². The number of hydrogen-bond donors (Lipinski definition) is 2. The van der Waals surface area contributed by atoms with Gasteiger partial charge in [-0.1, -0.05) is 25.5 Å². The van der Waals surface area contributed by atoms with Gasteiger partial charge in [0, 0.05) is 6.42 Å². The molecule has 2 rings (SSSR count). The molecule has 0 aromatic heterocycles. The second-order valence-electron chi connectivity index (χ2n) is 5.87. The summed E-state index contributed by atoms with van der Waals surface area (Å²) < 4.78 is 16.5.